The molecule has 0 aromatic heterocycles. The van der Waals surface area contributed by atoms with E-state index in [-0.39, 0.29) is 0 Å². The van der Waals surface area contributed by atoms with Gasteiger partial charge < -0.3 is 5.32 Å². The highest BCUT2D eigenvalue weighted by molar-refractivity contribution is 4.94. The molecule has 20 heavy (non-hydrogen) atoms. The van der Waals surface area contributed by atoms with Crippen LogP contribution in [0.4, 0.5) is 0 Å². The maximum atomic E-state index is 3.77. The van der Waals surface area contributed by atoms with E-state index < -0.39 is 0 Å². The third kappa shape index (κ3) is 3.98. The summed E-state index contributed by atoms with van der Waals surface area (Å²) in [6.07, 6.45) is 6.95. The van der Waals surface area contributed by atoms with E-state index in [2.05, 4.69) is 44.8 Å². The Morgan fingerprint density at radius 2 is 1.80 bits per heavy atom. The van der Waals surface area contributed by atoms with Gasteiger partial charge in [0, 0.05) is 12.1 Å². The van der Waals surface area contributed by atoms with Crippen LogP contribution < -0.4 is 5.32 Å². The number of piperidine rings is 1. The molecule has 0 spiro atoms. The summed E-state index contributed by atoms with van der Waals surface area (Å²) >= 11 is 0. The van der Waals surface area contributed by atoms with Gasteiger partial charge in [-0.1, -0.05) is 34.6 Å². The average Bonchev–Trinajstić information content (AvgIpc) is 2.39. The van der Waals surface area contributed by atoms with Gasteiger partial charge in [0.1, 0.15) is 0 Å². The molecule has 1 aliphatic carbocycles. The molecule has 1 aliphatic heterocycles. The van der Waals surface area contributed by atoms with E-state index in [0.29, 0.717) is 5.41 Å². The molecule has 0 amide bonds. The SMILES string of the molecule is CCNC1CCC(C(C)C)CC1N1CCC(C)(C)CC1. The van der Waals surface area contributed by atoms with Crippen molar-refractivity contribution in [2.45, 2.75) is 78.8 Å². The summed E-state index contributed by atoms with van der Waals surface area (Å²) in [6.45, 7) is 15.7. The van der Waals surface area contributed by atoms with Crippen LogP contribution in [0.25, 0.3) is 0 Å². The first kappa shape index (κ1) is 16.3. The molecule has 0 radical (unpaired) electrons. The Kier molecular flexibility index (Phi) is 5.53. The van der Waals surface area contributed by atoms with Crippen LogP contribution in [-0.4, -0.2) is 36.6 Å². The number of rotatable bonds is 4. The molecule has 3 atom stereocenters. The zero-order valence-corrected chi connectivity index (χ0v) is 14.4. The highest BCUT2D eigenvalue weighted by Crippen LogP contribution is 2.37. The number of nitrogens with one attached hydrogen (secondary N) is 1. The minimum Gasteiger partial charge on any atom is -0.313 e. The van der Waals surface area contributed by atoms with Crippen molar-refractivity contribution < 1.29 is 0 Å². The smallest absolute Gasteiger partial charge is 0.0252 e. The Balaban J connectivity index is 2.00. The molecule has 3 unspecified atom stereocenters. The maximum Gasteiger partial charge on any atom is 0.0252 e. The molecule has 0 aromatic rings. The van der Waals surface area contributed by atoms with E-state index in [1.807, 2.05) is 0 Å². The van der Waals surface area contributed by atoms with Crippen LogP contribution >= 0.6 is 0 Å². The standard InChI is InChI=1S/C18H36N2/c1-6-19-16-8-7-15(14(2)3)13-17(16)20-11-9-18(4,5)10-12-20/h14-17,19H,6-13H2,1-5H3. The van der Waals surface area contributed by atoms with Gasteiger partial charge in [-0.15, -0.1) is 0 Å². The predicted molar refractivity (Wildman–Crippen MR) is 88.0 cm³/mol. The van der Waals surface area contributed by atoms with Crippen molar-refractivity contribution in [3.63, 3.8) is 0 Å². The number of likely N-dealkylation sites (N-methyl/N-ethyl adjacent to an activating group) is 1. The van der Waals surface area contributed by atoms with Gasteiger partial charge in [-0.3, -0.25) is 4.90 Å². The first-order valence-electron chi connectivity index (χ1n) is 8.90. The van der Waals surface area contributed by atoms with Crippen LogP contribution in [0.3, 0.4) is 0 Å². The van der Waals surface area contributed by atoms with Gasteiger partial charge in [-0.25, -0.2) is 0 Å². The Hall–Kier alpha value is -0.0800. The second-order valence-corrected chi connectivity index (χ2v) is 8.25. The van der Waals surface area contributed by atoms with Gasteiger partial charge in [0.15, 0.2) is 0 Å². The third-order valence-electron chi connectivity index (χ3n) is 5.89. The molecule has 1 N–H and O–H groups in total. The highest BCUT2D eigenvalue weighted by atomic mass is 15.2. The van der Waals surface area contributed by atoms with Crippen molar-refractivity contribution in [3.05, 3.63) is 0 Å². The summed E-state index contributed by atoms with van der Waals surface area (Å²) in [7, 11) is 0. The number of hydrogen-bond acceptors (Lipinski definition) is 2. The van der Waals surface area contributed by atoms with E-state index in [4.69, 9.17) is 0 Å². The summed E-state index contributed by atoms with van der Waals surface area (Å²) in [5.41, 5.74) is 0.566. The maximum absolute atomic E-state index is 3.77. The fourth-order valence-corrected chi connectivity index (χ4v) is 4.15. The van der Waals surface area contributed by atoms with Crippen LogP contribution in [0, 0.1) is 17.3 Å². The monoisotopic (exact) mass is 280 g/mol. The van der Waals surface area contributed by atoms with Gasteiger partial charge in [-0.05, 0) is 69.0 Å². The van der Waals surface area contributed by atoms with Gasteiger partial charge in [0.25, 0.3) is 0 Å². The lowest BCUT2D eigenvalue weighted by Gasteiger charge is -2.48. The fourth-order valence-electron chi connectivity index (χ4n) is 4.15. The van der Waals surface area contributed by atoms with Gasteiger partial charge >= 0.3 is 0 Å². The second-order valence-electron chi connectivity index (χ2n) is 8.25. The molecule has 2 aliphatic rings. The van der Waals surface area contributed by atoms with E-state index in [9.17, 15) is 0 Å². The number of likely N-dealkylation sites (tertiary alicyclic amines) is 1. The molecule has 2 rings (SSSR count). The zero-order chi connectivity index (χ0) is 14.8. The van der Waals surface area contributed by atoms with E-state index in [1.165, 1.54) is 45.2 Å². The summed E-state index contributed by atoms with van der Waals surface area (Å²) in [4.78, 5) is 2.81. The van der Waals surface area contributed by atoms with Crippen molar-refractivity contribution in [2.24, 2.45) is 17.3 Å². The number of hydrogen-bond donors (Lipinski definition) is 1. The van der Waals surface area contributed by atoms with Crippen molar-refractivity contribution >= 4 is 0 Å². The first-order valence-corrected chi connectivity index (χ1v) is 8.90. The minimum absolute atomic E-state index is 0.566. The van der Waals surface area contributed by atoms with Crippen molar-refractivity contribution in [1.82, 2.24) is 10.2 Å². The summed E-state index contributed by atoms with van der Waals surface area (Å²) < 4.78 is 0. The lowest BCUT2D eigenvalue weighted by Crippen LogP contribution is -2.56. The lowest BCUT2D eigenvalue weighted by atomic mass is 9.74. The normalized spacial score (nSPS) is 35.4. The van der Waals surface area contributed by atoms with Crippen LogP contribution in [0.2, 0.25) is 0 Å². The fraction of sp³-hybridized carbons (Fsp3) is 1.00. The molecule has 0 bridgehead atoms. The topological polar surface area (TPSA) is 15.3 Å². The van der Waals surface area contributed by atoms with E-state index in [0.717, 1.165) is 30.5 Å². The summed E-state index contributed by atoms with van der Waals surface area (Å²) in [5.74, 6) is 1.78. The molecule has 0 aromatic carbocycles. The Labute approximate surface area is 126 Å². The van der Waals surface area contributed by atoms with E-state index >= 15 is 0 Å². The highest BCUT2D eigenvalue weighted by Gasteiger charge is 2.37. The van der Waals surface area contributed by atoms with Crippen molar-refractivity contribution in [1.29, 1.82) is 0 Å². The van der Waals surface area contributed by atoms with Crippen LogP contribution in [0.15, 0.2) is 0 Å². The number of nitrogens with zero attached hydrogens (tertiary/aromatic N) is 1. The quantitative estimate of drug-likeness (QED) is 0.840. The predicted octanol–water partition coefficient (Wildman–Crippen LogP) is 3.91. The molecular formula is C18H36N2. The summed E-state index contributed by atoms with van der Waals surface area (Å²) in [6, 6.07) is 1.52. The second kappa shape index (κ2) is 6.79. The van der Waals surface area contributed by atoms with Crippen LogP contribution in [-0.2, 0) is 0 Å². The Bertz CT molecular complexity index is 288. The molecule has 2 heteroatoms. The molecule has 2 nitrogen and oxygen atoms in total. The van der Waals surface area contributed by atoms with E-state index in [1.54, 1.807) is 0 Å². The largest absolute Gasteiger partial charge is 0.313 e. The van der Waals surface area contributed by atoms with Gasteiger partial charge in [0.2, 0.25) is 0 Å². The lowest BCUT2D eigenvalue weighted by molar-refractivity contribution is 0.0379. The molecule has 1 heterocycles. The van der Waals surface area contributed by atoms with Crippen LogP contribution in [0.1, 0.15) is 66.7 Å². The molecule has 2 fully saturated rings. The minimum atomic E-state index is 0.566. The summed E-state index contributed by atoms with van der Waals surface area (Å²) in [5, 5.41) is 3.77. The zero-order valence-electron chi connectivity index (χ0n) is 14.4. The molecule has 118 valence electrons. The Morgan fingerprint density at radius 3 is 2.35 bits per heavy atom. The average molecular weight is 280 g/mol. The Morgan fingerprint density at radius 1 is 1.15 bits per heavy atom. The molecule has 1 saturated carbocycles. The van der Waals surface area contributed by atoms with Crippen molar-refractivity contribution in [2.75, 3.05) is 19.6 Å². The molecule has 1 saturated heterocycles. The van der Waals surface area contributed by atoms with Crippen molar-refractivity contribution in [3.8, 4) is 0 Å². The van der Waals surface area contributed by atoms with Gasteiger partial charge in [0.05, 0.1) is 0 Å². The van der Waals surface area contributed by atoms with Crippen LogP contribution in [0.5, 0.6) is 0 Å². The molecular weight excluding hydrogens is 244 g/mol. The van der Waals surface area contributed by atoms with Gasteiger partial charge in [-0.2, -0.15) is 0 Å². The third-order valence-corrected chi connectivity index (χ3v) is 5.89. The first-order chi connectivity index (χ1) is 9.43.